The van der Waals surface area contributed by atoms with Gasteiger partial charge in [0.25, 0.3) is 5.91 Å². The van der Waals surface area contributed by atoms with Crippen LogP contribution in [0.15, 0.2) is 48.7 Å². The smallest absolute Gasteiger partial charge is 0.341 e. The first-order chi connectivity index (χ1) is 14.5. The molecule has 0 aliphatic carbocycles. The van der Waals surface area contributed by atoms with E-state index < -0.39 is 5.97 Å². The highest BCUT2D eigenvalue weighted by molar-refractivity contribution is 6.18. The van der Waals surface area contributed by atoms with Crippen LogP contribution in [0.3, 0.4) is 0 Å². The molecule has 1 aromatic heterocycles. The zero-order valence-corrected chi connectivity index (χ0v) is 16.7. The number of nitrogens with zero attached hydrogens (tertiary/aromatic N) is 1. The predicted molar refractivity (Wildman–Crippen MR) is 111 cm³/mol. The summed E-state index contributed by atoms with van der Waals surface area (Å²) in [5.74, 6) is -0.744. The van der Waals surface area contributed by atoms with E-state index in [1.165, 1.54) is 30.3 Å². The van der Waals surface area contributed by atoms with Gasteiger partial charge in [0.05, 0.1) is 30.5 Å². The van der Waals surface area contributed by atoms with Crippen LogP contribution in [0, 0.1) is 5.82 Å². The average Bonchev–Trinajstić information content (AvgIpc) is 2.99. The second-order valence-corrected chi connectivity index (χ2v) is 6.88. The minimum absolute atomic E-state index is 0.195. The number of carbonyl (C=O) groups is 2. The maximum Gasteiger partial charge on any atom is 0.341 e. The van der Waals surface area contributed by atoms with Crippen molar-refractivity contribution in [3.8, 4) is 5.75 Å². The van der Waals surface area contributed by atoms with E-state index in [2.05, 4.69) is 4.98 Å². The number of nitrogens with one attached hydrogen (secondary N) is 1. The van der Waals surface area contributed by atoms with E-state index >= 15 is 0 Å². The first-order valence-electron chi connectivity index (χ1n) is 9.67. The number of halogens is 1. The van der Waals surface area contributed by atoms with Gasteiger partial charge in [0, 0.05) is 23.6 Å². The summed E-state index contributed by atoms with van der Waals surface area (Å²) in [5, 5.41) is 0.813. The third-order valence-corrected chi connectivity index (χ3v) is 5.12. The summed E-state index contributed by atoms with van der Waals surface area (Å²) in [6, 6.07) is 11.4. The Morgan fingerprint density at radius 1 is 1.20 bits per heavy atom. The number of hydrogen-bond acceptors (Lipinski definition) is 4. The molecule has 1 aliphatic rings. The number of hydrogen-bond donors (Lipinski definition) is 1. The van der Waals surface area contributed by atoms with Gasteiger partial charge in [0.1, 0.15) is 11.6 Å². The monoisotopic (exact) mass is 408 g/mol. The van der Waals surface area contributed by atoms with Crippen molar-refractivity contribution in [1.82, 2.24) is 9.88 Å². The zero-order valence-electron chi connectivity index (χ0n) is 16.7. The summed E-state index contributed by atoms with van der Waals surface area (Å²) in [7, 11) is 1.50. The Kier molecular flexibility index (Phi) is 5.27. The number of benzene rings is 2. The highest BCUT2D eigenvalue weighted by Gasteiger charge is 2.28. The Balaban J connectivity index is 1.82. The van der Waals surface area contributed by atoms with Crippen LogP contribution in [0.1, 0.15) is 28.5 Å². The van der Waals surface area contributed by atoms with E-state index in [-0.39, 0.29) is 23.9 Å². The van der Waals surface area contributed by atoms with Crippen molar-refractivity contribution in [2.45, 2.75) is 13.3 Å². The van der Waals surface area contributed by atoms with Crippen LogP contribution in [0.4, 0.5) is 4.39 Å². The molecular weight excluding hydrogens is 387 g/mol. The number of para-hydroxylation sites is 1. The third kappa shape index (κ3) is 3.43. The fourth-order valence-corrected chi connectivity index (χ4v) is 3.73. The molecule has 154 valence electrons. The van der Waals surface area contributed by atoms with E-state index in [9.17, 15) is 14.0 Å². The molecule has 0 bridgehead atoms. The molecule has 0 atom stereocenters. The number of aromatic amines is 1. The highest BCUT2D eigenvalue weighted by Crippen LogP contribution is 2.32. The fraction of sp³-hybridized carbons (Fsp3) is 0.217. The predicted octanol–water partition coefficient (Wildman–Crippen LogP) is 3.92. The molecule has 0 unspecified atom stereocenters. The summed E-state index contributed by atoms with van der Waals surface area (Å²) in [6.45, 7) is 2.26. The molecule has 2 aromatic carbocycles. The molecule has 7 heteroatoms. The molecule has 0 saturated carbocycles. The molecule has 1 N–H and O–H groups in total. The van der Waals surface area contributed by atoms with Gasteiger partial charge in [0.15, 0.2) is 0 Å². The lowest BCUT2D eigenvalue weighted by molar-refractivity contribution is -0.136. The lowest BCUT2D eigenvalue weighted by atomic mass is 10.0. The molecule has 0 spiro atoms. The second-order valence-electron chi connectivity index (χ2n) is 6.88. The van der Waals surface area contributed by atoms with Crippen molar-refractivity contribution >= 4 is 28.4 Å². The van der Waals surface area contributed by atoms with Gasteiger partial charge in [-0.15, -0.1) is 0 Å². The highest BCUT2D eigenvalue weighted by atomic mass is 19.1. The van der Waals surface area contributed by atoms with Crippen molar-refractivity contribution < 1.29 is 23.5 Å². The number of H-pyrrole nitrogens is 1. The van der Waals surface area contributed by atoms with Crippen LogP contribution in [0.5, 0.6) is 5.75 Å². The van der Waals surface area contributed by atoms with Crippen LogP contribution < -0.4 is 4.74 Å². The summed E-state index contributed by atoms with van der Waals surface area (Å²) >= 11 is 0. The molecule has 0 saturated heterocycles. The second kappa shape index (κ2) is 8.02. The Hall–Kier alpha value is -3.61. The van der Waals surface area contributed by atoms with Crippen molar-refractivity contribution in [1.29, 1.82) is 0 Å². The Morgan fingerprint density at radius 3 is 2.77 bits per heavy atom. The van der Waals surface area contributed by atoms with Gasteiger partial charge in [-0.2, -0.15) is 0 Å². The van der Waals surface area contributed by atoms with Gasteiger partial charge in [0.2, 0.25) is 0 Å². The molecule has 0 fully saturated rings. The molecule has 6 nitrogen and oxygen atoms in total. The van der Waals surface area contributed by atoms with E-state index in [1.54, 1.807) is 37.3 Å². The standard InChI is InChI=1S/C23H21FN2O4/c1-3-30-23(28)18-13-26(22(27)17-6-4-5-7-20(17)29-2)11-10-16-15-9-8-14(24)12-19(15)25-21(16)18/h4-9,12-13,25H,3,10-11H2,1-2H3. The van der Waals surface area contributed by atoms with Gasteiger partial charge in [-0.25, -0.2) is 9.18 Å². The van der Waals surface area contributed by atoms with Crippen LogP contribution >= 0.6 is 0 Å². The molecule has 3 aromatic rings. The first kappa shape index (κ1) is 19.7. The van der Waals surface area contributed by atoms with Crippen molar-refractivity contribution in [3.63, 3.8) is 0 Å². The van der Waals surface area contributed by atoms with E-state index in [0.717, 1.165) is 10.9 Å². The summed E-state index contributed by atoms with van der Waals surface area (Å²) in [5.41, 5.74) is 2.62. The fourth-order valence-electron chi connectivity index (χ4n) is 3.73. The van der Waals surface area contributed by atoms with E-state index in [0.29, 0.717) is 35.5 Å². The molecule has 0 radical (unpaired) electrons. The first-order valence-corrected chi connectivity index (χ1v) is 9.67. The minimum Gasteiger partial charge on any atom is -0.496 e. The Labute approximate surface area is 172 Å². The third-order valence-electron chi connectivity index (χ3n) is 5.12. The van der Waals surface area contributed by atoms with Crippen molar-refractivity contribution in [2.75, 3.05) is 20.3 Å². The number of amides is 1. The quantitative estimate of drug-likeness (QED) is 0.665. The molecule has 2 heterocycles. The Bertz CT molecular complexity index is 1170. The average molecular weight is 408 g/mol. The maximum absolute atomic E-state index is 13.7. The van der Waals surface area contributed by atoms with Crippen LogP contribution in [-0.2, 0) is 16.0 Å². The van der Waals surface area contributed by atoms with Gasteiger partial charge in [-0.05, 0) is 49.2 Å². The number of ether oxygens (including phenoxy) is 2. The topological polar surface area (TPSA) is 71.6 Å². The van der Waals surface area contributed by atoms with Gasteiger partial charge < -0.3 is 19.4 Å². The number of methoxy groups -OCH3 is 1. The van der Waals surface area contributed by atoms with Crippen molar-refractivity contribution in [3.05, 3.63) is 71.3 Å². The number of rotatable bonds is 4. The van der Waals surface area contributed by atoms with E-state index in [4.69, 9.17) is 9.47 Å². The number of fused-ring (bicyclic) bond motifs is 3. The molecule has 4 rings (SSSR count). The maximum atomic E-state index is 13.7. The largest absolute Gasteiger partial charge is 0.496 e. The molecule has 1 aliphatic heterocycles. The number of aromatic nitrogens is 1. The normalized spacial score (nSPS) is 13.4. The lowest BCUT2D eigenvalue weighted by Gasteiger charge is -2.19. The van der Waals surface area contributed by atoms with Crippen LogP contribution in [0.2, 0.25) is 0 Å². The molecule has 30 heavy (non-hydrogen) atoms. The summed E-state index contributed by atoms with van der Waals surface area (Å²) in [6.07, 6.45) is 1.99. The van der Waals surface area contributed by atoms with Gasteiger partial charge in [-0.3, -0.25) is 4.79 Å². The minimum atomic E-state index is -0.550. The summed E-state index contributed by atoms with van der Waals surface area (Å²) < 4.78 is 24.2. The number of carbonyl (C=O) groups excluding carboxylic acids is 2. The zero-order chi connectivity index (χ0) is 21.3. The Morgan fingerprint density at radius 2 is 2.00 bits per heavy atom. The van der Waals surface area contributed by atoms with Gasteiger partial charge in [-0.1, -0.05) is 12.1 Å². The summed E-state index contributed by atoms with van der Waals surface area (Å²) in [4.78, 5) is 30.6. The number of esters is 1. The van der Waals surface area contributed by atoms with Gasteiger partial charge >= 0.3 is 5.97 Å². The molecule has 1 amide bonds. The van der Waals surface area contributed by atoms with Crippen LogP contribution in [0.25, 0.3) is 16.5 Å². The SMILES string of the molecule is CCOC(=O)C1=CN(C(=O)c2ccccc2OC)CCc2c1[nH]c1cc(F)ccc21. The lowest BCUT2D eigenvalue weighted by Crippen LogP contribution is -2.28. The molecular formula is C23H21FN2O4. The van der Waals surface area contributed by atoms with E-state index in [1.807, 2.05) is 0 Å². The van der Waals surface area contributed by atoms with Crippen molar-refractivity contribution in [2.24, 2.45) is 0 Å². The van der Waals surface area contributed by atoms with Crippen LogP contribution in [-0.4, -0.2) is 42.0 Å².